The molecule has 0 saturated heterocycles. The Morgan fingerprint density at radius 2 is 1.45 bits per heavy atom. The Hall–Kier alpha value is -4.83. The van der Waals surface area contributed by atoms with E-state index in [1.165, 1.54) is 19.4 Å². The van der Waals surface area contributed by atoms with Crippen molar-refractivity contribution >= 4 is 41.2 Å². The molecule has 2 N–H and O–H groups in total. The number of hydrogen-bond acceptors (Lipinski definition) is 12. The molecule has 0 aliphatic heterocycles. The number of methoxy groups -OCH3 is 1. The molecule has 0 saturated carbocycles. The lowest BCUT2D eigenvalue weighted by molar-refractivity contribution is -0.179. The molecule has 1 aromatic carbocycles. The summed E-state index contributed by atoms with van der Waals surface area (Å²) in [6, 6.07) is 5.39. The van der Waals surface area contributed by atoms with Crippen LogP contribution in [-0.4, -0.2) is 84.8 Å². The number of ketones is 3. The predicted molar refractivity (Wildman–Crippen MR) is 205 cm³/mol. The van der Waals surface area contributed by atoms with Gasteiger partial charge in [-0.1, -0.05) is 75.7 Å². The summed E-state index contributed by atoms with van der Waals surface area (Å²) in [6.07, 6.45) is 11.6. The zero-order chi connectivity index (χ0) is 41.1. The first-order valence-corrected chi connectivity index (χ1v) is 19.0. The van der Waals surface area contributed by atoms with Gasteiger partial charge in [0.1, 0.15) is 37.4 Å². The van der Waals surface area contributed by atoms with E-state index in [4.69, 9.17) is 18.9 Å². The Balaban J connectivity index is 3.24. The van der Waals surface area contributed by atoms with E-state index in [9.17, 15) is 38.7 Å². The van der Waals surface area contributed by atoms with Crippen molar-refractivity contribution in [3.05, 3.63) is 42.0 Å². The Labute approximate surface area is 325 Å². The van der Waals surface area contributed by atoms with Gasteiger partial charge in [-0.15, -0.1) is 5.92 Å². The number of nitrogens with one attached hydrogen (secondary N) is 1. The summed E-state index contributed by atoms with van der Waals surface area (Å²) in [4.78, 5) is 88.5. The minimum atomic E-state index is -2.91. The van der Waals surface area contributed by atoms with E-state index in [2.05, 4.69) is 24.1 Å². The van der Waals surface area contributed by atoms with E-state index in [1.54, 1.807) is 37.3 Å². The predicted octanol–water partition coefficient (Wildman–Crippen LogP) is 5.12. The Kier molecular flexibility index (Phi) is 24.3. The fourth-order valence-electron chi connectivity index (χ4n) is 5.48. The highest BCUT2D eigenvalue weighted by Gasteiger charge is 2.50. The van der Waals surface area contributed by atoms with Crippen LogP contribution in [0.15, 0.2) is 36.4 Å². The molecule has 0 unspecified atom stereocenters. The summed E-state index contributed by atoms with van der Waals surface area (Å²) in [5.74, 6) is -1.09. The van der Waals surface area contributed by atoms with Gasteiger partial charge in [0.05, 0.1) is 19.4 Å². The molecule has 1 rings (SSSR count). The molecule has 0 radical (unpaired) electrons. The lowest BCUT2D eigenvalue weighted by Gasteiger charge is -2.31. The van der Waals surface area contributed by atoms with Crippen molar-refractivity contribution in [3.8, 4) is 17.6 Å². The van der Waals surface area contributed by atoms with Gasteiger partial charge in [-0.05, 0) is 64.2 Å². The van der Waals surface area contributed by atoms with E-state index < -0.39 is 72.6 Å². The SMILES string of the molecule is CC#CCOc1ccc(C[C@H](NC(=O)[C@@H](C=CCCCCCCC(=O)CCCCCCC)[C@@](O)(CC(=O)OCC(C)=O)C(=O)OCC(C)=O)C(=O)OC)cc1. The highest BCUT2D eigenvalue weighted by atomic mass is 16.6. The first-order valence-electron chi connectivity index (χ1n) is 19.0. The first-order chi connectivity index (χ1) is 26.3. The molecule has 13 nitrogen and oxygen atoms in total. The first kappa shape index (κ1) is 48.2. The van der Waals surface area contributed by atoms with Gasteiger partial charge >= 0.3 is 17.9 Å². The van der Waals surface area contributed by atoms with Crippen LogP contribution in [-0.2, 0) is 54.2 Å². The number of hydrogen-bond donors (Lipinski definition) is 2. The molecule has 1 amide bonds. The normalized spacial score (nSPS) is 13.0. The summed E-state index contributed by atoms with van der Waals surface area (Å²) in [5.41, 5.74) is -2.31. The number of carbonyl (C=O) groups excluding carboxylic acids is 7. The minimum absolute atomic E-state index is 0.0564. The molecule has 0 heterocycles. The molecule has 0 aliphatic carbocycles. The number of Topliss-reactive ketones (excluding diaryl/α,β-unsaturated/α-hetero) is 3. The zero-order valence-corrected chi connectivity index (χ0v) is 33.1. The zero-order valence-electron chi connectivity index (χ0n) is 33.1. The second-order valence-corrected chi connectivity index (χ2v) is 13.5. The Morgan fingerprint density at radius 3 is 2.04 bits per heavy atom. The van der Waals surface area contributed by atoms with Crippen LogP contribution in [0.2, 0.25) is 0 Å². The lowest BCUT2D eigenvalue weighted by Crippen LogP contribution is -2.56. The molecule has 0 aromatic heterocycles. The molecule has 0 spiro atoms. The number of unbranched alkanes of at least 4 members (excludes halogenated alkanes) is 8. The van der Waals surface area contributed by atoms with Crippen LogP contribution < -0.4 is 10.1 Å². The van der Waals surface area contributed by atoms with Crippen LogP contribution in [0.25, 0.3) is 0 Å². The second kappa shape index (κ2) is 27.7. The van der Waals surface area contributed by atoms with Gasteiger partial charge in [0.2, 0.25) is 5.91 Å². The van der Waals surface area contributed by atoms with Crippen molar-refractivity contribution in [2.45, 2.75) is 129 Å². The smallest absolute Gasteiger partial charge is 0.340 e. The van der Waals surface area contributed by atoms with E-state index in [0.29, 0.717) is 37.0 Å². The van der Waals surface area contributed by atoms with Crippen LogP contribution in [0, 0.1) is 17.8 Å². The number of carbonyl (C=O) groups is 7. The number of allylic oxidation sites excluding steroid dienone is 1. The molecule has 55 heavy (non-hydrogen) atoms. The topological polar surface area (TPSA) is 189 Å². The molecule has 304 valence electrons. The van der Waals surface area contributed by atoms with Crippen molar-refractivity contribution < 1.29 is 57.6 Å². The third-order valence-electron chi connectivity index (χ3n) is 8.52. The molecule has 0 fully saturated rings. The largest absolute Gasteiger partial charge is 0.481 e. The molecular formula is C42H59NO12. The van der Waals surface area contributed by atoms with Crippen molar-refractivity contribution in [1.82, 2.24) is 5.32 Å². The van der Waals surface area contributed by atoms with Crippen LogP contribution in [0.5, 0.6) is 5.75 Å². The summed E-state index contributed by atoms with van der Waals surface area (Å²) >= 11 is 0. The van der Waals surface area contributed by atoms with Gasteiger partial charge in [-0.25, -0.2) is 9.59 Å². The molecular weight excluding hydrogens is 710 g/mol. The maximum atomic E-state index is 14.0. The van der Waals surface area contributed by atoms with Gasteiger partial charge in [-0.3, -0.25) is 24.0 Å². The maximum absolute atomic E-state index is 14.0. The van der Waals surface area contributed by atoms with Crippen molar-refractivity contribution in [1.29, 1.82) is 0 Å². The Bertz CT molecular complexity index is 1490. The lowest BCUT2D eigenvalue weighted by atomic mass is 9.82. The highest BCUT2D eigenvalue weighted by Crippen LogP contribution is 2.28. The fourth-order valence-corrected chi connectivity index (χ4v) is 5.48. The van der Waals surface area contributed by atoms with Gasteiger partial charge in [0.15, 0.2) is 17.2 Å². The van der Waals surface area contributed by atoms with Gasteiger partial charge in [0, 0.05) is 19.3 Å². The third kappa shape index (κ3) is 20.4. The monoisotopic (exact) mass is 769 g/mol. The highest BCUT2D eigenvalue weighted by molar-refractivity contribution is 5.96. The average Bonchev–Trinajstić information content (AvgIpc) is 3.15. The number of rotatable bonds is 29. The van der Waals surface area contributed by atoms with Crippen LogP contribution >= 0.6 is 0 Å². The summed E-state index contributed by atoms with van der Waals surface area (Å²) < 4.78 is 20.4. The number of amides is 1. The van der Waals surface area contributed by atoms with Crippen LogP contribution in [0.3, 0.4) is 0 Å². The summed E-state index contributed by atoms with van der Waals surface area (Å²) in [7, 11) is 1.13. The molecule has 3 atom stereocenters. The van der Waals surface area contributed by atoms with Crippen LogP contribution in [0.4, 0.5) is 0 Å². The van der Waals surface area contributed by atoms with Gasteiger partial charge in [-0.2, -0.15) is 0 Å². The summed E-state index contributed by atoms with van der Waals surface area (Å²) in [6.45, 7) is 4.94. The second-order valence-electron chi connectivity index (χ2n) is 13.5. The van der Waals surface area contributed by atoms with Crippen molar-refractivity contribution in [2.24, 2.45) is 5.92 Å². The van der Waals surface area contributed by atoms with Crippen LogP contribution in [0.1, 0.15) is 117 Å². The van der Waals surface area contributed by atoms with E-state index >= 15 is 0 Å². The minimum Gasteiger partial charge on any atom is -0.481 e. The number of ether oxygens (including phenoxy) is 4. The van der Waals surface area contributed by atoms with Gasteiger partial charge < -0.3 is 29.4 Å². The third-order valence-corrected chi connectivity index (χ3v) is 8.52. The standard InChI is InChI=1S/C42H59NO12/c1-6-8-10-13-16-19-34(46)20-17-14-11-12-15-18-21-36(42(51,41(50)55-30-32(4)45)28-38(47)54-29-31(3)44)39(48)43-37(40(49)52-5)27-33-22-24-35(25-23-33)53-26-9-7-2/h18,21-25,36-37,51H,6,8,10-17,19-20,26-30H2,1-5H3,(H,43,48)/t36-,37+,42+/m1/s1. The number of aliphatic hydroxyl groups is 1. The molecule has 0 bridgehead atoms. The fraction of sp³-hybridized carbons (Fsp3) is 0.595. The molecule has 1 aromatic rings. The molecule has 0 aliphatic rings. The van der Waals surface area contributed by atoms with E-state index in [1.807, 2.05) is 0 Å². The Morgan fingerprint density at radius 1 is 0.855 bits per heavy atom. The average molecular weight is 770 g/mol. The van der Waals surface area contributed by atoms with E-state index in [-0.39, 0.29) is 18.8 Å². The number of esters is 3. The van der Waals surface area contributed by atoms with Crippen molar-refractivity contribution in [2.75, 3.05) is 26.9 Å². The quantitative estimate of drug-likeness (QED) is 0.0361. The molecule has 13 heteroatoms. The van der Waals surface area contributed by atoms with Gasteiger partial charge in [0.25, 0.3) is 0 Å². The van der Waals surface area contributed by atoms with Crippen molar-refractivity contribution in [3.63, 3.8) is 0 Å². The summed E-state index contributed by atoms with van der Waals surface area (Å²) in [5, 5.41) is 14.4. The van der Waals surface area contributed by atoms with E-state index in [0.717, 1.165) is 59.0 Å². The maximum Gasteiger partial charge on any atom is 0.340 e. The number of benzene rings is 1.